The van der Waals surface area contributed by atoms with Crippen molar-refractivity contribution in [2.24, 2.45) is 0 Å². The number of carbonyl (C=O) groups is 1. The van der Waals surface area contributed by atoms with Gasteiger partial charge >= 0.3 is 6.03 Å². The summed E-state index contributed by atoms with van der Waals surface area (Å²) >= 11 is 6.11. The minimum absolute atomic E-state index is 0.0204. The third kappa shape index (κ3) is 6.98. The maximum absolute atomic E-state index is 11.8. The Kier molecular flexibility index (Phi) is 8.65. The number of halogens is 1. The molecule has 0 bridgehead atoms. The van der Waals surface area contributed by atoms with E-state index in [0.717, 1.165) is 6.42 Å². The van der Waals surface area contributed by atoms with Gasteiger partial charge in [0.2, 0.25) is 0 Å². The standard InChI is InChI=1S/C15H23ClN2O4/c1-11(6-7-20-2)17-15(19)18-12-4-5-14(13(16)10-12)22-9-8-21-3/h4-5,10-11H,6-9H2,1-3H3,(H2,17,18,19). The third-order valence-electron chi connectivity index (χ3n) is 2.87. The van der Waals surface area contributed by atoms with E-state index < -0.39 is 0 Å². The van der Waals surface area contributed by atoms with Crippen molar-refractivity contribution in [1.29, 1.82) is 0 Å². The number of hydrogen-bond donors (Lipinski definition) is 2. The van der Waals surface area contributed by atoms with E-state index in [1.54, 1.807) is 32.4 Å². The normalized spacial score (nSPS) is 11.8. The minimum atomic E-state index is -0.285. The molecule has 7 heteroatoms. The van der Waals surface area contributed by atoms with Crippen LogP contribution >= 0.6 is 11.6 Å². The SMILES string of the molecule is COCCOc1ccc(NC(=O)NC(C)CCOC)cc1Cl. The van der Waals surface area contributed by atoms with Crippen molar-refractivity contribution < 1.29 is 19.0 Å². The zero-order valence-electron chi connectivity index (χ0n) is 13.1. The van der Waals surface area contributed by atoms with Gasteiger partial charge in [0.15, 0.2) is 0 Å². The van der Waals surface area contributed by atoms with Crippen LogP contribution in [0.1, 0.15) is 13.3 Å². The molecule has 1 unspecified atom stereocenters. The summed E-state index contributed by atoms with van der Waals surface area (Å²) in [6.07, 6.45) is 0.747. The lowest BCUT2D eigenvalue weighted by atomic mass is 10.2. The molecule has 1 aromatic carbocycles. The number of urea groups is 1. The highest BCUT2D eigenvalue weighted by Crippen LogP contribution is 2.27. The lowest BCUT2D eigenvalue weighted by molar-refractivity contribution is 0.146. The van der Waals surface area contributed by atoms with E-state index in [-0.39, 0.29) is 12.1 Å². The Morgan fingerprint density at radius 2 is 1.95 bits per heavy atom. The first-order valence-corrected chi connectivity index (χ1v) is 7.42. The van der Waals surface area contributed by atoms with E-state index in [4.69, 9.17) is 25.8 Å². The Bertz CT molecular complexity index is 471. The van der Waals surface area contributed by atoms with Crippen LogP contribution in [0.5, 0.6) is 5.75 Å². The number of benzene rings is 1. The van der Waals surface area contributed by atoms with Crippen LogP contribution in [0.2, 0.25) is 5.02 Å². The summed E-state index contributed by atoms with van der Waals surface area (Å²) in [6.45, 7) is 3.41. The first-order valence-electron chi connectivity index (χ1n) is 7.04. The number of ether oxygens (including phenoxy) is 3. The highest BCUT2D eigenvalue weighted by molar-refractivity contribution is 6.32. The van der Waals surface area contributed by atoms with Gasteiger partial charge in [0.1, 0.15) is 12.4 Å². The molecule has 2 N–H and O–H groups in total. The second-order valence-electron chi connectivity index (χ2n) is 4.77. The number of methoxy groups -OCH3 is 2. The van der Waals surface area contributed by atoms with Gasteiger partial charge in [0.05, 0.1) is 11.6 Å². The number of amides is 2. The Hall–Kier alpha value is -1.50. The fourth-order valence-electron chi connectivity index (χ4n) is 1.69. The molecule has 1 rings (SSSR count). The second-order valence-corrected chi connectivity index (χ2v) is 5.17. The van der Waals surface area contributed by atoms with Crippen LogP contribution < -0.4 is 15.4 Å². The molecule has 0 fully saturated rings. The Morgan fingerprint density at radius 1 is 1.23 bits per heavy atom. The van der Waals surface area contributed by atoms with E-state index in [0.29, 0.717) is 36.3 Å². The van der Waals surface area contributed by atoms with Gasteiger partial charge in [-0.05, 0) is 31.5 Å². The highest BCUT2D eigenvalue weighted by Gasteiger charge is 2.09. The largest absolute Gasteiger partial charge is 0.490 e. The van der Waals surface area contributed by atoms with Gasteiger partial charge in [-0.3, -0.25) is 0 Å². The number of anilines is 1. The molecule has 0 spiro atoms. The zero-order chi connectivity index (χ0) is 16.4. The summed E-state index contributed by atoms with van der Waals surface area (Å²) in [7, 11) is 3.23. The molecular formula is C15H23ClN2O4. The predicted octanol–water partition coefficient (Wildman–Crippen LogP) is 2.91. The van der Waals surface area contributed by atoms with Crippen molar-refractivity contribution in [1.82, 2.24) is 5.32 Å². The predicted molar refractivity (Wildman–Crippen MR) is 86.9 cm³/mol. The maximum Gasteiger partial charge on any atom is 0.319 e. The van der Waals surface area contributed by atoms with E-state index in [2.05, 4.69) is 10.6 Å². The number of rotatable bonds is 9. The van der Waals surface area contributed by atoms with Crippen LogP contribution in [-0.2, 0) is 9.47 Å². The molecule has 0 heterocycles. The summed E-state index contributed by atoms with van der Waals surface area (Å²) in [5.41, 5.74) is 0.598. The van der Waals surface area contributed by atoms with Crippen molar-refractivity contribution in [3.05, 3.63) is 23.2 Å². The van der Waals surface area contributed by atoms with E-state index in [1.165, 1.54) is 0 Å². The average molecular weight is 331 g/mol. The van der Waals surface area contributed by atoms with E-state index >= 15 is 0 Å². The van der Waals surface area contributed by atoms with E-state index in [1.807, 2.05) is 6.92 Å². The monoisotopic (exact) mass is 330 g/mol. The van der Waals surface area contributed by atoms with Crippen LogP contribution in [0.3, 0.4) is 0 Å². The third-order valence-corrected chi connectivity index (χ3v) is 3.16. The molecule has 1 atom stereocenters. The zero-order valence-corrected chi connectivity index (χ0v) is 13.9. The second kappa shape index (κ2) is 10.3. The van der Waals surface area contributed by atoms with Crippen LogP contribution in [0.4, 0.5) is 10.5 Å². The van der Waals surface area contributed by atoms with Crippen molar-refractivity contribution in [2.75, 3.05) is 39.4 Å². The Labute approximate surface area is 136 Å². The first-order chi connectivity index (χ1) is 10.6. The molecule has 2 amide bonds. The van der Waals surface area contributed by atoms with Crippen LogP contribution in [-0.4, -0.2) is 46.1 Å². The van der Waals surface area contributed by atoms with Crippen molar-refractivity contribution in [3.63, 3.8) is 0 Å². The molecule has 0 saturated heterocycles. The summed E-state index contributed by atoms with van der Waals surface area (Å²) in [4.78, 5) is 11.8. The van der Waals surface area contributed by atoms with Gasteiger partial charge in [0, 0.05) is 32.6 Å². The van der Waals surface area contributed by atoms with Gasteiger partial charge < -0.3 is 24.8 Å². The average Bonchev–Trinajstić information content (AvgIpc) is 2.47. The van der Waals surface area contributed by atoms with Gasteiger partial charge in [-0.1, -0.05) is 11.6 Å². The lowest BCUT2D eigenvalue weighted by Crippen LogP contribution is -2.36. The smallest absolute Gasteiger partial charge is 0.319 e. The number of carbonyl (C=O) groups excluding carboxylic acids is 1. The van der Waals surface area contributed by atoms with Gasteiger partial charge in [0.25, 0.3) is 0 Å². The molecule has 124 valence electrons. The minimum Gasteiger partial charge on any atom is -0.490 e. The van der Waals surface area contributed by atoms with Gasteiger partial charge in [-0.25, -0.2) is 4.79 Å². The quantitative estimate of drug-likeness (QED) is 0.683. The molecule has 0 aromatic heterocycles. The summed E-state index contributed by atoms with van der Waals surface area (Å²) in [5.74, 6) is 0.554. The molecular weight excluding hydrogens is 308 g/mol. The lowest BCUT2D eigenvalue weighted by Gasteiger charge is -2.15. The van der Waals surface area contributed by atoms with Gasteiger partial charge in [-0.15, -0.1) is 0 Å². The van der Waals surface area contributed by atoms with Crippen LogP contribution in [0, 0.1) is 0 Å². The van der Waals surface area contributed by atoms with Crippen molar-refractivity contribution in [3.8, 4) is 5.75 Å². The topological polar surface area (TPSA) is 68.8 Å². The van der Waals surface area contributed by atoms with Crippen LogP contribution in [0.25, 0.3) is 0 Å². The molecule has 6 nitrogen and oxygen atoms in total. The van der Waals surface area contributed by atoms with E-state index in [9.17, 15) is 4.79 Å². The molecule has 0 radical (unpaired) electrons. The fraction of sp³-hybridized carbons (Fsp3) is 0.533. The first kappa shape index (κ1) is 18.5. The molecule has 0 aliphatic heterocycles. The van der Waals surface area contributed by atoms with Gasteiger partial charge in [-0.2, -0.15) is 0 Å². The highest BCUT2D eigenvalue weighted by atomic mass is 35.5. The maximum atomic E-state index is 11.8. The molecule has 0 saturated carbocycles. The van der Waals surface area contributed by atoms with Crippen molar-refractivity contribution >= 4 is 23.3 Å². The summed E-state index contributed by atoms with van der Waals surface area (Å²) in [6, 6.07) is 4.82. The fourth-order valence-corrected chi connectivity index (χ4v) is 1.92. The molecule has 0 aliphatic carbocycles. The Morgan fingerprint density at radius 3 is 2.59 bits per heavy atom. The van der Waals surface area contributed by atoms with Crippen LogP contribution in [0.15, 0.2) is 18.2 Å². The molecule has 0 aliphatic rings. The Balaban J connectivity index is 2.48. The number of nitrogens with one attached hydrogen (secondary N) is 2. The number of hydrogen-bond acceptors (Lipinski definition) is 4. The molecule has 1 aromatic rings. The van der Waals surface area contributed by atoms with Crippen molar-refractivity contribution in [2.45, 2.75) is 19.4 Å². The summed E-state index contributed by atoms with van der Waals surface area (Å²) in [5, 5.41) is 5.98. The summed E-state index contributed by atoms with van der Waals surface area (Å²) < 4.78 is 15.3. The molecule has 22 heavy (non-hydrogen) atoms.